The Hall–Kier alpha value is -4.24. The number of phenols is 3. The van der Waals surface area contributed by atoms with E-state index in [1.165, 1.54) is 24.3 Å². The third kappa shape index (κ3) is 5.70. The first-order chi connectivity index (χ1) is 21.2. The van der Waals surface area contributed by atoms with Crippen molar-refractivity contribution in [1.82, 2.24) is 0 Å². The summed E-state index contributed by atoms with van der Waals surface area (Å²) < 4.78 is 27.3. The number of aromatic hydroxyl groups is 3. The molecule has 3 aromatic rings. The van der Waals surface area contributed by atoms with Crippen LogP contribution in [0.5, 0.6) is 28.7 Å². The Kier molecular flexibility index (Phi) is 8.77. The van der Waals surface area contributed by atoms with E-state index < -0.39 is 119 Å². The van der Waals surface area contributed by atoms with Gasteiger partial charge in [-0.3, -0.25) is 4.79 Å². The van der Waals surface area contributed by atoms with Crippen molar-refractivity contribution < 1.29 is 84.3 Å². The zero-order valence-corrected chi connectivity index (χ0v) is 22.6. The largest absolute Gasteiger partial charge is 0.508 e. The van der Waals surface area contributed by atoms with Gasteiger partial charge in [0.25, 0.3) is 0 Å². The lowest BCUT2D eigenvalue weighted by atomic mass is 9.99. The van der Waals surface area contributed by atoms with Gasteiger partial charge in [0.1, 0.15) is 59.6 Å². The van der Waals surface area contributed by atoms with Crippen molar-refractivity contribution in [1.29, 1.82) is 0 Å². The molecule has 0 amide bonds. The molecule has 0 bridgehead atoms. The highest BCUT2D eigenvalue weighted by Crippen LogP contribution is 2.44. The maximum Gasteiger partial charge on any atom is 0.335 e. The van der Waals surface area contributed by atoms with Crippen molar-refractivity contribution in [2.24, 2.45) is 0 Å². The number of ether oxygens (including phenoxy) is 4. The van der Waals surface area contributed by atoms with E-state index in [4.69, 9.17) is 23.4 Å². The number of carboxylic acid groups (broad SMARTS) is 1. The van der Waals surface area contributed by atoms with E-state index in [-0.39, 0.29) is 11.3 Å². The summed E-state index contributed by atoms with van der Waals surface area (Å²) in [6.45, 7) is -0.822. The van der Waals surface area contributed by atoms with Crippen molar-refractivity contribution in [2.75, 3.05) is 6.61 Å². The molecule has 0 unspecified atom stereocenters. The third-order valence-electron chi connectivity index (χ3n) is 7.30. The molecule has 45 heavy (non-hydrogen) atoms. The zero-order valence-electron chi connectivity index (χ0n) is 22.6. The van der Waals surface area contributed by atoms with Gasteiger partial charge in [-0.2, -0.15) is 0 Å². The lowest BCUT2D eigenvalue weighted by Crippen LogP contribution is -2.61. The van der Waals surface area contributed by atoms with Crippen LogP contribution < -0.4 is 14.9 Å². The standard InChI is InChI=1S/C27H28O18/c28-6-11-13(32)15(34)18(37)26(41-11)43-21-10(31)5-9(30)12-14(33)23(20(42-22(12)21)7-1-3-8(29)4-2-7)44-27-19(38)16(35)17(36)24(45-27)25(39)40/h1-5,11,13,15-19,24,26-32,34-38H,6H2,(H,39,40)/t11-,13-,15+,16-,17+,18-,19-,24+,26-,27-/m1/s1. The molecule has 18 heteroatoms. The Morgan fingerprint density at radius 1 is 0.756 bits per heavy atom. The van der Waals surface area contributed by atoms with Crippen molar-refractivity contribution in [3.05, 3.63) is 40.6 Å². The SMILES string of the molecule is O=C(O)[C@H]1O[C@@H](Oc2c(-c3ccc(O)cc3)oc3c(O[C@H]4O[C@H](CO)[C@@H](O)[C@H](O)[C@H]4O)c(O)cc(O)c3c2=O)[C@H](O)[C@H](O)[C@@H]1O. The molecule has 244 valence electrons. The topological polar surface area (TPSA) is 307 Å². The highest BCUT2D eigenvalue weighted by Gasteiger charge is 2.49. The smallest absolute Gasteiger partial charge is 0.335 e. The van der Waals surface area contributed by atoms with Crippen LogP contribution in [0.3, 0.4) is 0 Å². The summed E-state index contributed by atoms with van der Waals surface area (Å²) in [7, 11) is 0. The normalized spacial score (nSPS) is 31.9. The summed E-state index contributed by atoms with van der Waals surface area (Å²) in [5.41, 5.74) is -1.96. The summed E-state index contributed by atoms with van der Waals surface area (Å²) >= 11 is 0. The molecule has 0 aliphatic carbocycles. The predicted molar refractivity (Wildman–Crippen MR) is 142 cm³/mol. The van der Waals surface area contributed by atoms with E-state index in [1.807, 2.05) is 0 Å². The van der Waals surface area contributed by atoms with Crippen LogP contribution in [0.4, 0.5) is 0 Å². The van der Waals surface area contributed by atoms with Crippen LogP contribution >= 0.6 is 0 Å². The number of aliphatic hydroxyl groups is 7. The van der Waals surface area contributed by atoms with Crippen molar-refractivity contribution in [2.45, 2.75) is 61.4 Å². The number of phenolic OH excluding ortho intramolecular Hbond substituents is 3. The second-order valence-electron chi connectivity index (χ2n) is 10.3. The maximum absolute atomic E-state index is 13.9. The molecule has 5 rings (SSSR count). The van der Waals surface area contributed by atoms with Crippen LogP contribution in [-0.2, 0) is 14.3 Å². The van der Waals surface area contributed by atoms with Gasteiger partial charge < -0.3 is 79.5 Å². The number of fused-ring (bicyclic) bond motifs is 1. The Morgan fingerprint density at radius 3 is 1.93 bits per heavy atom. The number of hydrogen-bond acceptors (Lipinski definition) is 17. The van der Waals surface area contributed by atoms with Crippen LogP contribution in [0.1, 0.15) is 0 Å². The van der Waals surface area contributed by atoms with Crippen molar-refractivity contribution >= 4 is 16.9 Å². The minimum atomic E-state index is -2.11. The first kappa shape index (κ1) is 32.2. The van der Waals surface area contributed by atoms with Crippen LogP contribution in [0, 0.1) is 0 Å². The third-order valence-corrected chi connectivity index (χ3v) is 7.30. The molecule has 3 heterocycles. The van der Waals surface area contributed by atoms with E-state index in [1.54, 1.807) is 0 Å². The second-order valence-corrected chi connectivity index (χ2v) is 10.3. The van der Waals surface area contributed by atoms with Gasteiger partial charge in [0.05, 0.1) is 6.61 Å². The van der Waals surface area contributed by atoms with Gasteiger partial charge in [0, 0.05) is 11.6 Å². The van der Waals surface area contributed by atoms with Crippen LogP contribution in [0.2, 0.25) is 0 Å². The Balaban J connectivity index is 1.67. The van der Waals surface area contributed by atoms with Crippen LogP contribution in [-0.4, -0.2) is 130 Å². The lowest BCUT2D eigenvalue weighted by molar-refractivity contribution is -0.277. The van der Waals surface area contributed by atoms with Gasteiger partial charge in [-0.1, -0.05) is 0 Å². The predicted octanol–water partition coefficient (Wildman–Crippen LogP) is -2.97. The molecular formula is C27H28O18. The minimum Gasteiger partial charge on any atom is -0.508 e. The molecule has 0 saturated carbocycles. The van der Waals surface area contributed by atoms with Crippen molar-refractivity contribution in [3.8, 4) is 40.1 Å². The van der Waals surface area contributed by atoms with Gasteiger partial charge in [0.15, 0.2) is 23.2 Å². The number of aliphatic carboxylic acids is 1. The zero-order chi connectivity index (χ0) is 32.9. The number of rotatable bonds is 7. The lowest BCUT2D eigenvalue weighted by Gasteiger charge is -2.39. The number of benzene rings is 2. The van der Waals surface area contributed by atoms with Gasteiger partial charge in [-0.25, -0.2) is 4.79 Å². The maximum atomic E-state index is 13.9. The monoisotopic (exact) mass is 640 g/mol. The van der Waals surface area contributed by atoms with Gasteiger partial charge >= 0.3 is 5.97 Å². The molecule has 2 aromatic carbocycles. The van der Waals surface area contributed by atoms with E-state index in [9.17, 15) is 65.8 Å². The molecule has 0 radical (unpaired) electrons. The van der Waals surface area contributed by atoms with E-state index >= 15 is 0 Å². The number of hydrogen-bond donors (Lipinski definition) is 11. The Morgan fingerprint density at radius 2 is 1.33 bits per heavy atom. The summed E-state index contributed by atoms with van der Waals surface area (Å²) in [5, 5.41) is 111. The highest BCUT2D eigenvalue weighted by molar-refractivity contribution is 5.93. The average molecular weight is 641 g/mol. The fraction of sp³-hybridized carbons (Fsp3) is 0.407. The van der Waals surface area contributed by atoms with E-state index in [0.717, 1.165) is 0 Å². The highest BCUT2D eigenvalue weighted by atomic mass is 16.7. The Bertz CT molecular complexity index is 1620. The minimum absolute atomic E-state index is 0.0240. The molecule has 18 nitrogen and oxygen atoms in total. The molecular weight excluding hydrogens is 612 g/mol. The molecule has 2 saturated heterocycles. The van der Waals surface area contributed by atoms with Crippen LogP contribution in [0.15, 0.2) is 39.5 Å². The van der Waals surface area contributed by atoms with Gasteiger partial charge in [0.2, 0.25) is 29.5 Å². The Labute approximate surface area is 250 Å². The fourth-order valence-corrected chi connectivity index (χ4v) is 4.87. The van der Waals surface area contributed by atoms with E-state index in [2.05, 4.69) is 0 Å². The quantitative estimate of drug-likeness (QED) is 0.123. The molecule has 10 atom stereocenters. The summed E-state index contributed by atoms with van der Waals surface area (Å²) in [5.74, 6) is -5.88. The number of carbonyl (C=O) groups is 1. The van der Waals surface area contributed by atoms with Gasteiger partial charge in [-0.05, 0) is 24.3 Å². The summed E-state index contributed by atoms with van der Waals surface area (Å²) in [6.07, 6.45) is -19.5. The molecule has 2 aliphatic heterocycles. The van der Waals surface area contributed by atoms with E-state index in [0.29, 0.717) is 6.07 Å². The number of carboxylic acids is 1. The molecule has 2 fully saturated rings. The molecule has 11 N–H and O–H groups in total. The molecule has 2 aliphatic rings. The fourth-order valence-electron chi connectivity index (χ4n) is 4.87. The molecule has 0 spiro atoms. The van der Waals surface area contributed by atoms with Gasteiger partial charge in [-0.15, -0.1) is 0 Å². The summed E-state index contributed by atoms with van der Waals surface area (Å²) in [4.78, 5) is 25.5. The average Bonchev–Trinajstić information content (AvgIpc) is 3.00. The second kappa shape index (κ2) is 12.3. The van der Waals surface area contributed by atoms with Crippen LogP contribution in [0.25, 0.3) is 22.3 Å². The molecule has 1 aromatic heterocycles. The number of aliphatic hydroxyl groups excluding tert-OH is 7. The van der Waals surface area contributed by atoms with Crippen molar-refractivity contribution in [3.63, 3.8) is 0 Å². The first-order valence-corrected chi connectivity index (χ1v) is 13.2. The first-order valence-electron chi connectivity index (χ1n) is 13.2. The summed E-state index contributed by atoms with van der Waals surface area (Å²) in [6, 6.07) is 5.42.